The molecular formula is C17H12N2O5. The Hall–Kier alpha value is -3.35. The van der Waals surface area contributed by atoms with Gasteiger partial charge in [0.2, 0.25) is 0 Å². The van der Waals surface area contributed by atoms with Crippen molar-refractivity contribution in [3.8, 4) is 0 Å². The minimum atomic E-state index is -0.575. The Balaban J connectivity index is 1.87. The normalized spacial score (nSPS) is 13.1. The van der Waals surface area contributed by atoms with Crippen LogP contribution in [0.25, 0.3) is 0 Å². The number of amides is 2. The van der Waals surface area contributed by atoms with Crippen molar-refractivity contribution in [2.75, 3.05) is 6.54 Å². The van der Waals surface area contributed by atoms with Gasteiger partial charge in [-0.3, -0.25) is 29.4 Å². The molecule has 24 heavy (non-hydrogen) atoms. The molecule has 2 aromatic carbocycles. The molecule has 0 unspecified atom stereocenters. The molecule has 3 rings (SSSR count). The number of hydrogen-bond acceptors (Lipinski definition) is 5. The number of imide groups is 1. The molecule has 0 aromatic heterocycles. The molecule has 1 heterocycles. The maximum atomic E-state index is 12.4. The van der Waals surface area contributed by atoms with Gasteiger partial charge in [0.05, 0.1) is 22.6 Å². The topological polar surface area (TPSA) is 97.6 Å². The fraction of sp³-hybridized carbons (Fsp3) is 0.118. The number of nitro groups is 1. The first kappa shape index (κ1) is 15.5. The fourth-order valence-electron chi connectivity index (χ4n) is 2.60. The highest BCUT2D eigenvalue weighted by atomic mass is 16.6. The molecule has 0 saturated carbocycles. The molecule has 120 valence electrons. The summed E-state index contributed by atoms with van der Waals surface area (Å²) in [6.07, 6.45) is 0. The number of carbonyl (C=O) groups is 3. The number of Topliss-reactive ketones (excluding diaryl/α,β-unsaturated/α-hetero) is 1. The van der Waals surface area contributed by atoms with Gasteiger partial charge in [-0.25, -0.2) is 0 Å². The minimum absolute atomic E-state index is 0.0869. The average molecular weight is 324 g/mol. The Morgan fingerprint density at radius 2 is 1.67 bits per heavy atom. The number of aryl methyl sites for hydroxylation is 1. The van der Waals surface area contributed by atoms with E-state index in [0.717, 1.165) is 11.0 Å². The number of benzene rings is 2. The molecule has 0 fully saturated rings. The van der Waals surface area contributed by atoms with Crippen molar-refractivity contribution in [3.05, 3.63) is 74.8 Å². The van der Waals surface area contributed by atoms with Gasteiger partial charge >= 0.3 is 0 Å². The first-order chi connectivity index (χ1) is 11.4. The third-order valence-corrected chi connectivity index (χ3v) is 3.91. The first-order valence-electron chi connectivity index (χ1n) is 7.13. The van der Waals surface area contributed by atoms with Gasteiger partial charge in [0.15, 0.2) is 5.78 Å². The van der Waals surface area contributed by atoms with Crippen molar-refractivity contribution in [3.63, 3.8) is 0 Å². The molecule has 7 heteroatoms. The quantitative estimate of drug-likeness (QED) is 0.372. The van der Waals surface area contributed by atoms with Crippen molar-refractivity contribution in [1.82, 2.24) is 4.90 Å². The van der Waals surface area contributed by atoms with Crippen molar-refractivity contribution >= 4 is 23.3 Å². The number of fused-ring (bicyclic) bond motifs is 1. The standard InChI is InChI=1S/C17H12N2O5/c1-10-6-7-11(8-14(10)19(23)24)15(20)9-18-16(21)12-4-2-3-5-13(12)17(18)22/h2-8H,9H2,1H3. The molecule has 2 amide bonds. The summed E-state index contributed by atoms with van der Waals surface area (Å²) >= 11 is 0. The van der Waals surface area contributed by atoms with E-state index in [0.29, 0.717) is 5.56 Å². The summed E-state index contributed by atoms with van der Waals surface area (Å²) in [5.41, 5.74) is 0.847. The summed E-state index contributed by atoms with van der Waals surface area (Å²) in [6, 6.07) is 10.4. The van der Waals surface area contributed by atoms with Crippen LogP contribution in [0.2, 0.25) is 0 Å². The van der Waals surface area contributed by atoms with Gasteiger partial charge in [0.25, 0.3) is 17.5 Å². The average Bonchev–Trinajstić information content (AvgIpc) is 2.80. The molecule has 1 aliphatic rings. The first-order valence-corrected chi connectivity index (χ1v) is 7.13. The maximum absolute atomic E-state index is 12.4. The van der Waals surface area contributed by atoms with Crippen LogP contribution in [0.3, 0.4) is 0 Å². The number of ketones is 1. The van der Waals surface area contributed by atoms with Crippen molar-refractivity contribution in [2.24, 2.45) is 0 Å². The van der Waals surface area contributed by atoms with Crippen LogP contribution in [0, 0.1) is 17.0 Å². The Bertz CT molecular complexity index is 869. The lowest BCUT2D eigenvalue weighted by Gasteiger charge is -2.12. The Morgan fingerprint density at radius 3 is 2.21 bits per heavy atom. The molecule has 0 N–H and O–H groups in total. The van der Waals surface area contributed by atoms with Gasteiger partial charge < -0.3 is 0 Å². The predicted octanol–water partition coefficient (Wildman–Crippen LogP) is 2.38. The molecule has 0 saturated heterocycles. The van der Waals surface area contributed by atoms with Crippen LogP contribution >= 0.6 is 0 Å². The van der Waals surface area contributed by atoms with E-state index in [-0.39, 0.29) is 22.4 Å². The van der Waals surface area contributed by atoms with Crippen molar-refractivity contribution < 1.29 is 19.3 Å². The zero-order valence-corrected chi connectivity index (χ0v) is 12.7. The number of rotatable bonds is 4. The lowest BCUT2D eigenvalue weighted by atomic mass is 10.1. The van der Waals surface area contributed by atoms with Crippen LogP contribution in [0.5, 0.6) is 0 Å². The summed E-state index contributed by atoms with van der Waals surface area (Å²) in [4.78, 5) is 48.1. The highest BCUT2D eigenvalue weighted by molar-refractivity contribution is 6.23. The van der Waals surface area contributed by atoms with E-state index < -0.39 is 29.1 Å². The number of carbonyl (C=O) groups excluding carboxylic acids is 3. The van der Waals surface area contributed by atoms with Gasteiger partial charge in [0, 0.05) is 17.2 Å². The molecule has 0 atom stereocenters. The zero-order chi connectivity index (χ0) is 17.4. The second-order valence-electron chi connectivity index (χ2n) is 5.42. The number of hydrogen-bond donors (Lipinski definition) is 0. The van der Waals surface area contributed by atoms with Crippen LogP contribution in [0.1, 0.15) is 36.6 Å². The van der Waals surface area contributed by atoms with E-state index in [1.807, 2.05) is 0 Å². The van der Waals surface area contributed by atoms with Gasteiger partial charge in [-0.15, -0.1) is 0 Å². The van der Waals surface area contributed by atoms with Gasteiger partial charge in [0.1, 0.15) is 0 Å². The summed E-state index contributed by atoms with van der Waals surface area (Å²) in [6.45, 7) is 1.11. The van der Waals surface area contributed by atoms with Crippen LogP contribution < -0.4 is 0 Å². The Morgan fingerprint density at radius 1 is 1.08 bits per heavy atom. The summed E-state index contributed by atoms with van der Waals surface area (Å²) in [5.74, 6) is -1.61. The molecule has 1 aliphatic heterocycles. The summed E-state index contributed by atoms with van der Waals surface area (Å²) in [7, 11) is 0. The zero-order valence-electron chi connectivity index (χ0n) is 12.7. The van der Waals surface area contributed by atoms with Gasteiger partial charge in [-0.05, 0) is 19.1 Å². The van der Waals surface area contributed by atoms with Crippen LogP contribution in [0.15, 0.2) is 42.5 Å². The largest absolute Gasteiger partial charge is 0.292 e. The molecular weight excluding hydrogens is 312 g/mol. The highest BCUT2D eigenvalue weighted by Gasteiger charge is 2.36. The fourth-order valence-corrected chi connectivity index (χ4v) is 2.60. The molecule has 0 bridgehead atoms. The third-order valence-electron chi connectivity index (χ3n) is 3.91. The van der Waals surface area contributed by atoms with E-state index in [2.05, 4.69) is 0 Å². The van der Waals surface area contributed by atoms with Crippen LogP contribution in [0.4, 0.5) is 5.69 Å². The molecule has 2 aromatic rings. The van der Waals surface area contributed by atoms with E-state index >= 15 is 0 Å². The molecule has 0 spiro atoms. The predicted molar refractivity (Wildman–Crippen MR) is 84.0 cm³/mol. The van der Waals surface area contributed by atoms with Crippen LogP contribution in [-0.4, -0.2) is 34.0 Å². The van der Waals surface area contributed by atoms with E-state index in [9.17, 15) is 24.5 Å². The molecule has 0 aliphatic carbocycles. The van der Waals surface area contributed by atoms with Crippen LogP contribution in [-0.2, 0) is 0 Å². The Kier molecular flexibility index (Phi) is 3.69. The second-order valence-corrected chi connectivity index (χ2v) is 5.42. The lowest BCUT2D eigenvalue weighted by Crippen LogP contribution is -2.34. The maximum Gasteiger partial charge on any atom is 0.273 e. The van der Waals surface area contributed by atoms with E-state index in [1.165, 1.54) is 24.3 Å². The molecule has 7 nitrogen and oxygen atoms in total. The third kappa shape index (κ3) is 2.45. The number of nitro benzene ring substituents is 1. The van der Waals surface area contributed by atoms with E-state index in [1.54, 1.807) is 19.1 Å². The van der Waals surface area contributed by atoms with Gasteiger partial charge in [-0.1, -0.05) is 24.3 Å². The monoisotopic (exact) mass is 324 g/mol. The summed E-state index contributed by atoms with van der Waals surface area (Å²) in [5, 5.41) is 11.0. The van der Waals surface area contributed by atoms with Crippen molar-refractivity contribution in [1.29, 1.82) is 0 Å². The highest BCUT2D eigenvalue weighted by Crippen LogP contribution is 2.24. The number of nitrogens with zero attached hydrogens (tertiary/aromatic N) is 2. The second kappa shape index (κ2) is 5.69. The van der Waals surface area contributed by atoms with Crippen molar-refractivity contribution in [2.45, 2.75) is 6.92 Å². The Labute approximate surface area is 136 Å². The lowest BCUT2D eigenvalue weighted by molar-refractivity contribution is -0.385. The molecule has 0 radical (unpaired) electrons. The van der Waals surface area contributed by atoms with E-state index in [4.69, 9.17) is 0 Å². The van der Waals surface area contributed by atoms with Gasteiger partial charge in [-0.2, -0.15) is 0 Å². The smallest absolute Gasteiger partial charge is 0.273 e. The minimum Gasteiger partial charge on any atom is -0.292 e. The SMILES string of the molecule is Cc1ccc(C(=O)CN2C(=O)c3ccccc3C2=O)cc1[N+](=O)[O-]. The summed E-state index contributed by atoms with van der Waals surface area (Å²) < 4.78 is 0.